The van der Waals surface area contributed by atoms with Gasteiger partial charge in [0.25, 0.3) is 0 Å². The van der Waals surface area contributed by atoms with E-state index in [1.807, 2.05) is 0 Å². The SMILES string of the molecule is O=P([O-])([O-])O.[Ag+].[Ag+].[O-2].[Zn+2]. The zero-order valence-corrected chi connectivity index (χ0v) is 10.7. The zero-order chi connectivity index (χ0) is 4.50. The Morgan fingerprint density at radius 2 is 1.22 bits per heavy atom. The minimum absolute atomic E-state index is 0. The van der Waals surface area contributed by atoms with Gasteiger partial charge >= 0.3 is 64.2 Å². The minimum atomic E-state index is -5.14. The predicted octanol–water partition coefficient (Wildman–Crippen LogP) is -2.32. The van der Waals surface area contributed by atoms with Crippen LogP contribution in [0.25, 0.3) is 0 Å². The van der Waals surface area contributed by atoms with E-state index >= 15 is 0 Å². The second kappa shape index (κ2) is 12.8. The molecule has 0 aromatic rings. The molecule has 0 spiro atoms. The summed E-state index contributed by atoms with van der Waals surface area (Å²) in [7, 11) is -5.14. The Bertz CT molecular complexity index is 61.1. The molecule has 0 aliphatic rings. The number of phosphoric acid groups is 1. The molecule has 0 aromatic carbocycles. The van der Waals surface area contributed by atoms with Crippen LogP contribution in [0.2, 0.25) is 0 Å². The van der Waals surface area contributed by atoms with E-state index in [9.17, 15) is 0 Å². The Balaban J connectivity index is -0.0000000133. The van der Waals surface area contributed by atoms with Crippen molar-refractivity contribution in [2.75, 3.05) is 0 Å². The predicted molar refractivity (Wildman–Crippen MR) is 10.5 cm³/mol. The molecule has 60 valence electrons. The molecule has 0 bridgehead atoms. The summed E-state index contributed by atoms with van der Waals surface area (Å²) < 4.78 is 8.66. The fraction of sp³-hybridized carbons (Fsp3) is 0. The number of hydrogen-bond donors (Lipinski definition) is 1. The Kier molecular flexibility index (Phi) is 43.2. The summed E-state index contributed by atoms with van der Waals surface area (Å²) in [6.45, 7) is 0. The second-order valence-electron chi connectivity index (χ2n) is 0.469. The summed E-state index contributed by atoms with van der Waals surface area (Å²) in [5.41, 5.74) is 0. The summed E-state index contributed by atoms with van der Waals surface area (Å²) in [4.78, 5) is 24.3. The van der Waals surface area contributed by atoms with Gasteiger partial charge in [0, 0.05) is 0 Å². The van der Waals surface area contributed by atoms with Gasteiger partial charge in [0.2, 0.25) is 0 Å². The maximum absolute atomic E-state index is 8.66. The van der Waals surface area contributed by atoms with Gasteiger partial charge in [0.15, 0.2) is 0 Å². The average Bonchev–Trinajstić information content (AvgIpc) is 0.722. The van der Waals surface area contributed by atoms with Gasteiger partial charge in [-0.1, -0.05) is 0 Å². The largest absolute Gasteiger partial charge is 2.00 e. The van der Waals surface area contributed by atoms with Crippen LogP contribution in [0.4, 0.5) is 0 Å². The number of hydrogen-bond acceptors (Lipinski definition) is 3. The standard InChI is InChI=1S/2Ag.H3O4P.O.Zn/c;;1-5(2,3)4;;/h;;(H3,1,2,3,4);;/q2*+1;;-2;+2/p-2. The maximum Gasteiger partial charge on any atom is 2.00 e. The van der Waals surface area contributed by atoms with Crippen LogP contribution in [0.5, 0.6) is 0 Å². The molecule has 5 nitrogen and oxygen atoms in total. The zero-order valence-electron chi connectivity index (χ0n) is 3.84. The second-order valence-corrected chi connectivity index (χ2v) is 1.41. The summed E-state index contributed by atoms with van der Waals surface area (Å²) in [5.74, 6) is 0. The molecule has 0 amide bonds. The molecule has 0 rings (SSSR count). The van der Waals surface area contributed by atoms with Crippen molar-refractivity contribution in [1.29, 1.82) is 0 Å². The molecule has 0 atom stereocenters. The molecule has 0 aliphatic heterocycles. The molecule has 9 heteroatoms. The summed E-state index contributed by atoms with van der Waals surface area (Å²) in [5, 5.41) is 0. The Labute approximate surface area is 95.9 Å². The van der Waals surface area contributed by atoms with Crippen molar-refractivity contribution in [3.05, 3.63) is 0 Å². The maximum atomic E-state index is 8.66. The van der Waals surface area contributed by atoms with Gasteiger partial charge in [-0.05, 0) is 0 Å². The summed E-state index contributed by atoms with van der Waals surface area (Å²) in [6, 6.07) is 0. The molecule has 0 saturated carbocycles. The van der Waals surface area contributed by atoms with E-state index in [2.05, 4.69) is 0 Å². The first-order valence-electron chi connectivity index (χ1n) is 0.748. The Morgan fingerprint density at radius 3 is 1.22 bits per heavy atom. The van der Waals surface area contributed by atoms with Crippen LogP contribution >= 0.6 is 7.82 Å². The smallest absolute Gasteiger partial charge is 2.00 e. The molecule has 0 aromatic heterocycles. The topological polar surface area (TPSA) is 112 Å². The molecule has 0 aliphatic carbocycles. The molecular weight excluding hydrogens is 392 g/mol. The van der Waals surface area contributed by atoms with Crippen LogP contribution in [-0.2, 0) is 74.3 Å². The van der Waals surface area contributed by atoms with E-state index in [4.69, 9.17) is 19.2 Å². The van der Waals surface area contributed by atoms with Gasteiger partial charge < -0.3 is 24.7 Å². The molecule has 0 radical (unpaired) electrons. The quantitative estimate of drug-likeness (QED) is 0.368. The fourth-order valence-electron chi connectivity index (χ4n) is 0. The third-order valence-corrected chi connectivity index (χ3v) is 0. The van der Waals surface area contributed by atoms with Gasteiger partial charge in [-0.25, -0.2) is 0 Å². The van der Waals surface area contributed by atoms with Crippen LogP contribution in [0.3, 0.4) is 0 Å². The first-order chi connectivity index (χ1) is 2.00. The van der Waals surface area contributed by atoms with Crippen molar-refractivity contribution in [3.63, 3.8) is 0 Å². The third-order valence-electron chi connectivity index (χ3n) is 0. The van der Waals surface area contributed by atoms with Crippen molar-refractivity contribution in [2.45, 2.75) is 0 Å². The number of rotatable bonds is 0. The fourth-order valence-corrected chi connectivity index (χ4v) is 0. The third kappa shape index (κ3) is 144. The first-order valence-corrected chi connectivity index (χ1v) is 2.24. The van der Waals surface area contributed by atoms with Gasteiger partial charge in [0.05, 0.1) is 7.82 Å². The molecular formula is HAg2O5PZn. The van der Waals surface area contributed by atoms with Gasteiger partial charge in [0.1, 0.15) is 0 Å². The van der Waals surface area contributed by atoms with Crippen molar-refractivity contribution in [1.82, 2.24) is 0 Å². The van der Waals surface area contributed by atoms with E-state index in [1.54, 1.807) is 0 Å². The first kappa shape index (κ1) is 30.3. The summed E-state index contributed by atoms with van der Waals surface area (Å²) in [6.07, 6.45) is 0. The van der Waals surface area contributed by atoms with E-state index in [1.165, 1.54) is 0 Å². The van der Waals surface area contributed by atoms with Crippen LogP contribution in [0.1, 0.15) is 0 Å². The molecule has 0 unspecified atom stereocenters. The van der Waals surface area contributed by atoms with Crippen LogP contribution in [0.15, 0.2) is 0 Å². The molecule has 0 saturated heterocycles. The minimum Gasteiger partial charge on any atom is -2.00 e. The van der Waals surface area contributed by atoms with Crippen LogP contribution < -0.4 is 9.79 Å². The molecule has 9 heavy (non-hydrogen) atoms. The van der Waals surface area contributed by atoms with Gasteiger partial charge in [-0.3, -0.25) is 0 Å². The summed E-state index contributed by atoms with van der Waals surface area (Å²) >= 11 is 0. The van der Waals surface area contributed by atoms with E-state index in [0.29, 0.717) is 0 Å². The van der Waals surface area contributed by atoms with Crippen molar-refractivity contribution < 1.29 is 89.0 Å². The Hall–Kier alpha value is 2.17. The van der Waals surface area contributed by atoms with E-state index < -0.39 is 7.82 Å². The van der Waals surface area contributed by atoms with Gasteiger partial charge in [-0.2, -0.15) is 0 Å². The average molecular weight is 393 g/mol. The van der Waals surface area contributed by atoms with Crippen molar-refractivity contribution >= 4 is 7.82 Å². The van der Waals surface area contributed by atoms with Gasteiger partial charge in [-0.15, -0.1) is 0 Å². The van der Waals surface area contributed by atoms with E-state index in [0.717, 1.165) is 0 Å². The van der Waals surface area contributed by atoms with Crippen molar-refractivity contribution in [2.24, 2.45) is 0 Å². The molecule has 0 heterocycles. The van der Waals surface area contributed by atoms with Crippen molar-refractivity contribution in [3.8, 4) is 0 Å². The Morgan fingerprint density at radius 1 is 1.22 bits per heavy atom. The van der Waals surface area contributed by atoms with Crippen LogP contribution in [-0.4, -0.2) is 4.89 Å². The van der Waals surface area contributed by atoms with E-state index in [-0.39, 0.29) is 69.7 Å². The molecule has 1 N–H and O–H groups in total. The molecule has 0 fully saturated rings. The van der Waals surface area contributed by atoms with Crippen LogP contribution in [0, 0.1) is 0 Å². The monoisotopic (exact) mass is 390 g/mol. The normalized spacial score (nSPS) is 6.56.